The molecule has 0 unspecified atom stereocenters. The van der Waals surface area contributed by atoms with E-state index in [0.29, 0.717) is 18.0 Å². The van der Waals surface area contributed by atoms with Crippen LogP contribution in [0.25, 0.3) is 11.0 Å². The molecule has 0 bridgehead atoms. The minimum absolute atomic E-state index is 0.0705. The van der Waals surface area contributed by atoms with Gasteiger partial charge >= 0.3 is 0 Å². The topological polar surface area (TPSA) is 51.5 Å². The second-order valence-electron chi connectivity index (χ2n) is 3.82. The van der Waals surface area contributed by atoms with Gasteiger partial charge in [-0.1, -0.05) is 13.8 Å². The van der Waals surface area contributed by atoms with Crippen molar-refractivity contribution in [1.82, 2.24) is 5.32 Å². The van der Waals surface area contributed by atoms with E-state index in [4.69, 9.17) is 9.15 Å². The summed E-state index contributed by atoms with van der Waals surface area (Å²) in [6.07, 6.45) is 0. The highest BCUT2D eigenvalue weighted by atomic mass is 16.5. The van der Waals surface area contributed by atoms with Crippen molar-refractivity contribution in [2.24, 2.45) is 0 Å². The number of carbonyl (C=O) groups excluding carboxylic acids is 1. The Morgan fingerprint density at radius 2 is 2.05 bits per heavy atom. The molecule has 1 aromatic heterocycles. The molecule has 0 aliphatic heterocycles. The summed E-state index contributed by atoms with van der Waals surface area (Å²) in [4.78, 5) is 11.2. The first-order valence-electron chi connectivity index (χ1n) is 6.52. The largest absolute Gasteiger partial charge is 0.492 e. The minimum Gasteiger partial charge on any atom is -0.492 e. The fourth-order valence-electron chi connectivity index (χ4n) is 1.56. The first kappa shape index (κ1) is 15.2. The number of benzene rings is 1. The second kappa shape index (κ2) is 7.59. The SMILES string of the molecule is CC.CNCCOc1ccc2oc(C(C)=O)cc2c1. The van der Waals surface area contributed by atoms with Gasteiger partial charge < -0.3 is 14.5 Å². The van der Waals surface area contributed by atoms with Gasteiger partial charge in [-0.25, -0.2) is 0 Å². The standard InChI is InChI=1S/C13H15NO3.C2H6/c1-9(15)13-8-10-7-11(16-6-5-14-2)3-4-12(10)17-13;1-2/h3-4,7-8,14H,5-6H2,1-2H3;1-2H3. The Hall–Kier alpha value is -1.81. The van der Waals surface area contributed by atoms with Crippen LogP contribution in [0.15, 0.2) is 28.7 Å². The molecule has 0 aliphatic rings. The van der Waals surface area contributed by atoms with Crippen molar-refractivity contribution < 1.29 is 13.9 Å². The fraction of sp³-hybridized carbons (Fsp3) is 0.400. The van der Waals surface area contributed by atoms with Crippen molar-refractivity contribution in [3.63, 3.8) is 0 Å². The van der Waals surface area contributed by atoms with Crippen LogP contribution in [0.4, 0.5) is 0 Å². The summed E-state index contributed by atoms with van der Waals surface area (Å²) in [5.74, 6) is 1.09. The van der Waals surface area contributed by atoms with Gasteiger partial charge in [0.15, 0.2) is 11.5 Å². The number of rotatable bonds is 5. The lowest BCUT2D eigenvalue weighted by molar-refractivity contribution is 0.0989. The molecular formula is C15H21NO3. The Balaban J connectivity index is 0.000000861. The van der Waals surface area contributed by atoms with Crippen molar-refractivity contribution in [3.8, 4) is 5.75 Å². The van der Waals surface area contributed by atoms with Crippen molar-refractivity contribution in [3.05, 3.63) is 30.0 Å². The first-order chi connectivity index (χ1) is 9.20. The van der Waals surface area contributed by atoms with E-state index >= 15 is 0 Å². The maximum Gasteiger partial charge on any atom is 0.194 e. The van der Waals surface area contributed by atoms with Crippen LogP contribution in [-0.4, -0.2) is 26.0 Å². The van der Waals surface area contributed by atoms with Gasteiger partial charge in [0.2, 0.25) is 0 Å². The molecule has 104 valence electrons. The van der Waals surface area contributed by atoms with E-state index in [-0.39, 0.29) is 5.78 Å². The molecule has 2 rings (SSSR count). The smallest absolute Gasteiger partial charge is 0.194 e. The van der Waals surface area contributed by atoms with Crippen LogP contribution < -0.4 is 10.1 Å². The van der Waals surface area contributed by atoms with Crippen LogP contribution in [0.2, 0.25) is 0 Å². The quantitative estimate of drug-likeness (QED) is 0.664. The molecule has 4 nitrogen and oxygen atoms in total. The van der Waals surface area contributed by atoms with E-state index in [9.17, 15) is 4.79 Å². The lowest BCUT2D eigenvalue weighted by atomic mass is 10.2. The number of ether oxygens (including phenoxy) is 1. The maximum absolute atomic E-state index is 11.2. The summed E-state index contributed by atoms with van der Waals surface area (Å²) in [6.45, 7) is 6.89. The average molecular weight is 263 g/mol. The van der Waals surface area contributed by atoms with Crippen molar-refractivity contribution >= 4 is 16.8 Å². The van der Waals surface area contributed by atoms with Crippen molar-refractivity contribution in [1.29, 1.82) is 0 Å². The zero-order valence-corrected chi connectivity index (χ0v) is 11.9. The highest BCUT2D eigenvalue weighted by Gasteiger charge is 2.08. The van der Waals surface area contributed by atoms with E-state index in [1.54, 1.807) is 6.07 Å². The Morgan fingerprint density at radius 1 is 1.32 bits per heavy atom. The summed E-state index contributed by atoms with van der Waals surface area (Å²) in [5.41, 5.74) is 0.705. The van der Waals surface area contributed by atoms with Gasteiger partial charge in [0, 0.05) is 18.9 Å². The van der Waals surface area contributed by atoms with E-state index in [2.05, 4.69) is 5.32 Å². The van der Waals surface area contributed by atoms with E-state index in [1.807, 2.05) is 39.1 Å². The van der Waals surface area contributed by atoms with Gasteiger partial charge in [0.1, 0.15) is 17.9 Å². The molecule has 19 heavy (non-hydrogen) atoms. The molecule has 1 N–H and O–H groups in total. The van der Waals surface area contributed by atoms with Gasteiger partial charge in [-0.05, 0) is 31.3 Å². The minimum atomic E-state index is -0.0705. The molecule has 0 fully saturated rings. The van der Waals surface area contributed by atoms with Crippen molar-refractivity contribution in [2.75, 3.05) is 20.2 Å². The molecule has 0 atom stereocenters. The molecule has 0 saturated heterocycles. The molecule has 1 heterocycles. The predicted molar refractivity (Wildman–Crippen MR) is 77.0 cm³/mol. The molecule has 1 aromatic carbocycles. The Bertz CT molecular complexity index is 531. The van der Waals surface area contributed by atoms with E-state index in [0.717, 1.165) is 17.7 Å². The number of Topliss-reactive ketones (excluding diaryl/α,β-unsaturated/α-hetero) is 1. The Labute approximate surface area is 113 Å². The van der Waals surface area contributed by atoms with Crippen LogP contribution >= 0.6 is 0 Å². The van der Waals surface area contributed by atoms with E-state index in [1.165, 1.54) is 6.92 Å². The second-order valence-corrected chi connectivity index (χ2v) is 3.82. The van der Waals surface area contributed by atoms with Crippen LogP contribution in [0, 0.1) is 0 Å². The molecule has 0 radical (unpaired) electrons. The number of carbonyl (C=O) groups is 1. The Kier molecular flexibility index (Phi) is 6.09. The van der Waals surface area contributed by atoms with Gasteiger partial charge in [0.25, 0.3) is 0 Å². The third-order valence-electron chi connectivity index (χ3n) is 2.46. The lowest BCUT2D eigenvalue weighted by Gasteiger charge is -2.04. The van der Waals surface area contributed by atoms with Crippen LogP contribution in [0.3, 0.4) is 0 Å². The number of likely N-dealkylation sites (N-methyl/N-ethyl adjacent to an activating group) is 1. The molecular weight excluding hydrogens is 242 g/mol. The predicted octanol–water partition coefficient (Wildman–Crippen LogP) is 3.26. The van der Waals surface area contributed by atoms with Crippen LogP contribution in [-0.2, 0) is 0 Å². The van der Waals surface area contributed by atoms with Crippen LogP contribution in [0.5, 0.6) is 5.75 Å². The van der Waals surface area contributed by atoms with Crippen molar-refractivity contribution in [2.45, 2.75) is 20.8 Å². The summed E-state index contributed by atoms with van der Waals surface area (Å²) in [5, 5.41) is 3.89. The molecule has 0 spiro atoms. The van der Waals surface area contributed by atoms with Crippen LogP contribution in [0.1, 0.15) is 31.3 Å². The molecule has 0 aliphatic carbocycles. The number of furan rings is 1. The zero-order valence-electron chi connectivity index (χ0n) is 11.9. The lowest BCUT2D eigenvalue weighted by Crippen LogP contribution is -2.15. The average Bonchev–Trinajstić information content (AvgIpc) is 2.85. The van der Waals surface area contributed by atoms with Gasteiger partial charge in [0.05, 0.1) is 0 Å². The number of nitrogens with one attached hydrogen (secondary N) is 1. The molecule has 4 heteroatoms. The summed E-state index contributed by atoms with van der Waals surface area (Å²) >= 11 is 0. The number of ketones is 1. The maximum atomic E-state index is 11.2. The third-order valence-corrected chi connectivity index (χ3v) is 2.46. The molecule has 0 amide bonds. The monoisotopic (exact) mass is 263 g/mol. The number of fused-ring (bicyclic) bond motifs is 1. The highest BCUT2D eigenvalue weighted by molar-refractivity contribution is 5.96. The summed E-state index contributed by atoms with van der Waals surface area (Å²) in [6, 6.07) is 7.27. The number of hydrogen-bond donors (Lipinski definition) is 1. The highest BCUT2D eigenvalue weighted by Crippen LogP contribution is 2.24. The normalized spacial score (nSPS) is 9.89. The fourth-order valence-corrected chi connectivity index (χ4v) is 1.56. The summed E-state index contributed by atoms with van der Waals surface area (Å²) in [7, 11) is 1.88. The first-order valence-corrected chi connectivity index (χ1v) is 6.52. The van der Waals surface area contributed by atoms with E-state index < -0.39 is 0 Å². The number of hydrogen-bond acceptors (Lipinski definition) is 4. The molecule has 2 aromatic rings. The molecule has 0 saturated carbocycles. The Morgan fingerprint density at radius 3 is 2.68 bits per heavy atom. The van der Waals surface area contributed by atoms with Gasteiger partial charge in [-0.3, -0.25) is 4.79 Å². The third kappa shape index (κ3) is 4.10. The zero-order chi connectivity index (χ0) is 14.3. The summed E-state index contributed by atoms with van der Waals surface area (Å²) < 4.78 is 10.9. The van der Waals surface area contributed by atoms with Gasteiger partial charge in [-0.2, -0.15) is 0 Å². The van der Waals surface area contributed by atoms with Gasteiger partial charge in [-0.15, -0.1) is 0 Å².